The van der Waals surface area contributed by atoms with Crippen molar-refractivity contribution in [3.63, 3.8) is 0 Å². The number of urea groups is 1. The third kappa shape index (κ3) is 4.47. The van der Waals surface area contributed by atoms with Gasteiger partial charge in [0.25, 0.3) is 0 Å². The highest BCUT2D eigenvalue weighted by Gasteiger charge is 2.07. The molecule has 0 fully saturated rings. The van der Waals surface area contributed by atoms with Gasteiger partial charge < -0.3 is 10.2 Å². The minimum atomic E-state index is 0.0297. The van der Waals surface area contributed by atoms with E-state index in [-0.39, 0.29) is 6.03 Å². The summed E-state index contributed by atoms with van der Waals surface area (Å²) in [7, 11) is 0. The molecule has 0 aliphatic heterocycles. The van der Waals surface area contributed by atoms with Crippen molar-refractivity contribution in [2.24, 2.45) is 0 Å². The van der Waals surface area contributed by atoms with Gasteiger partial charge in [-0.1, -0.05) is 29.8 Å². The normalized spacial score (nSPS) is 10.1. The van der Waals surface area contributed by atoms with Gasteiger partial charge in [-0.15, -0.1) is 0 Å². The van der Waals surface area contributed by atoms with E-state index in [0.717, 1.165) is 19.5 Å². The average molecular weight is 234 g/mol. The van der Waals surface area contributed by atoms with Gasteiger partial charge in [0.15, 0.2) is 0 Å². The molecule has 1 rings (SSSR count). The first-order chi connectivity index (χ1) is 8.17. The van der Waals surface area contributed by atoms with E-state index in [2.05, 4.69) is 36.5 Å². The highest BCUT2D eigenvalue weighted by molar-refractivity contribution is 5.74. The third-order valence-electron chi connectivity index (χ3n) is 2.86. The van der Waals surface area contributed by atoms with E-state index in [4.69, 9.17) is 0 Å². The summed E-state index contributed by atoms with van der Waals surface area (Å²) in [6.45, 7) is 8.26. The van der Waals surface area contributed by atoms with Crippen LogP contribution in [0.2, 0.25) is 0 Å². The van der Waals surface area contributed by atoms with Crippen molar-refractivity contribution in [1.82, 2.24) is 10.2 Å². The maximum Gasteiger partial charge on any atom is 0.317 e. The minimum absolute atomic E-state index is 0.0297. The number of nitrogens with zero attached hydrogens (tertiary/aromatic N) is 1. The van der Waals surface area contributed by atoms with Crippen molar-refractivity contribution in [1.29, 1.82) is 0 Å². The zero-order valence-corrected chi connectivity index (χ0v) is 11.0. The second kappa shape index (κ2) is 6.94. The first-order valence-electron chi connectivity index (χ1n) is 6.25. The Morgan fingerprint density at radius 2 is 1.76 bits per heavy atom. The number of benzene rings is 1. The molecule has 0 spiro atoms. The molecule has 94 valence electrons. The van der Waals surface area contributed by atoms with Gasteiger partial charge in [-0.05, 0) is 32.8 Å². The summed E-state index contributed by atoms with van der Waals surface area (Å²) in [6.07, 6.45) is 0.882. The number of nitrogens with one attached hydrogen (secondary N) is 1. The molecule has 0 heterocycles. The van der Waals surface area contributed by atoms with Crippen molar-refractivity contribution in [3.05, 3.63) is 35.4 Å². The number of carbonyl (C=O) groups is 1. The van der Waals surface area contributed by atoms with Crippen LogP contribution in [0.3, 0.4) is 0 Å². The van der Waals surface area contributed by atoms with E-state index in [9.17, 15) is 4.79 Å². The number of aryl methyl sites for hydroxylation is 1. The number of hydrogen-bond donors (Lipinski definition) is 1. The van der Waals surface area contributed by atoms with Crippen LogP contribution >= 0.6 is 0 Å². The summed E-state index contributed by atoms with van der Waals surface area (Å²) in [5.74, 6) is 0. The van der Waals surface area contributed by atoms with Crippen molar-refractivity contribution >= 4 is 6.03 Å². The molecule has 3 nitrogen and oxygen atoms in total. The predicted octanol–water partition coefficient (Wildman–Crippen LogP) is 2.59. The molecule has 0 aliphatic carbocycles. The van der Waals surface area contributed by atoms with E-state index >= 15 is 0 Å². The summed E-state index contributed by atoms with van der Waals surface area (Å²) in [6, 6.07) is 8.45. The lowest BCUT2D eigenvalue weighted by Crippen LogP contribution is -2.40. The topological polar surface area (TPSA) is 32.3 Å². The number of carbonyl (C=O) groups excluding carboxylic acids is 1. The summed E-state index contributed by atoms with van der Waals surface area (Å²) in [4.78, 5) is 13.5. The molecule has 2 amide bonds. The third-order valence-corrected chi connectivity index (χ3v) is 2.86. The fraction of sp³-hybridized carbons (Fsp3) is 0.500. The summed E-state index contributed by atoms with van der Waals surface area (Å²) >= 11 is 0. The van der Waals surface area contributed by atoms with Crippen LogP contribution in [0.25, 0.3) is 0 Å². The maximum absolute atomic E-state index is 11.7. The highest BCUT2D eigenvalue weighted by Crippen LogP contribution is 2.03. The van der Waals surface area contributed by atoms with Crippen molar-refractivity contribution in [3.8, 4) is 0 Å². The minimum Gasteiger partial charge on any atom is -0.338 e. The molecular formula is C14H22N2O. The molecule has 0 atom stereocenters. The lowest BCUT2D eigenvalue weighted by atomic mass is 10.1. The van der Waals surface area contributed by atoms with Gasteiger partial charge in [0.2, 0.25) is 0 Å². The zero-order valence-electron chi connectivity index (χ0n) is 11.0. The molecule has 0 aromatic heterocycles. The van der Waals surface area contributed by atoms with Crippen LogP contribution in [0.1, 0.15) is 25.0 Å². The Kier molecular flexibility index (Phi) is 5.53. The molecule has 0 radical (unpaired) electrons. The molecular weight excluding hydrogens is 212 g/mol. The second-order valence-electron chi connectivity index (χ2n) is 4.14. The quantitative estimate of drug-likeness (QED) is 0.834. The fourth-order valence-corrected chi connectivity index (χ4v) is 1.69. The van der Waals surface area contributed by atoms with Crippen LogP contribution in [0.15, 0.2) is 24.3 Å². The molecule has 17 heavy (non-hydrogen) atoms. The molecule has 0 bridgehead atoms. The summed E-state index contributed by atoms with van der Waals surface area (Å²) in [5.41, 5.74) is 2.52. The number of amides is 2. The predicted molar refractivity (Wildman–Crippen MR) is 71.2 cm³/mol. The van der Waals surface area contributed by atoms with Crippen LogP contribution in [-0.4, -0.2) is 30.6 Å². The largest absolute Gasteiger partial charge is 0.338 e. The van der Waals surface area contributed by atoms with Gasteiger partial charge in [0.1, 0.15) is 0 Å². The molecule has 0 saturated heterocycles. The molecule has 0 saturated carbocycles. The molecule has 1 aromatic rings. The van der Waals surface area contributed by atoms with Gasteiger partial charge in [-0.3, -0.25) is 0 Å². The summed E-state index contributed by atoms with van der Waals surface area (Å²) < 4.78 is 0. The molecule has 1 aromatic carbocycles. The van der Waals surface area contributed by atoms with Crippen molar-refractivity contribution in [2.45, 2.75) is 27.2 Å². The van der Waals surface area contributed by atoms with E-state index in [1.165, 1.54) is 11.1 Å². The van der Waals surface area contributed by atoms with Gasteiger partial charge in [0.05, 0.1) is 0 Å². The van der Waals surface area contributed by atoms with Gasteiger partial charge in [-0.25, -0.2) is 4.79 Å². The van der Waals surface area contributed by atoms with E-state index in [1.54, 1.807) is 4.90 Å². The van der Waals surface area contributed by atoms with Crippen LogP contribution in [0.5, 0.6) is 0 Å². The smallest absolute Gasteiger partial charge is 0.317 e. The summed E-state index contributed by atoms with van der Waals surface area (Å²) in [5, 5.41) is 2.93. The Morgan fingerprint density at radius 1 is 1.18 bits per heavy atom. The van der Waals surface area contributed by atoms with Gasteiger partial charge >= 0.3 is 6.03 Å². The Bertz CT molecular complexity index is 342. The standard InChI is InChI=1S/C14H22N2O/c1-4-16(5-2)14(17)15-11-10-13-8-6-12(3)7-9-13/h6-9H,4-5,10-11H2,1-3H3,(H,15,17). The SMILES string of the molecule is CCN(CC)C(=O)NCCc1ccc(C)cc1. The van der Waals surface area contributed by atoms with E-state index < -0.39 is 0 Å². The zero-order chi connectivity index (χ0) is 12.7. The Balaban J connectivity index is 2.32. The lowest BCUT2D eigenvalue weighted by Gasteiger charge is -2.19. The van der Waals surface area contributed by atoms with E-state index in [0.29, 0.717) is 6.54 Å². The Labute approximate surface area is 104 Å². The van der Waals surface area contributed by atoms with Crippen LogP contribution in [0, 0.1) is 6.92 Å². The van der Waals surface area contributed by atoms with Crippen molar-refractivity contribution in [2.75, 3.05) is 19.6 Å². The van der Waals surface area contributed by atoms with Crippen molar-refractivity contribution < 1.29 is 4.79 Å². The lowest BCUT2D eigenvalue weighted by molar-refractivity contribution is 0.203. The Morgan fingerprint density at radius 3 is 2.29 bits per heavy atom. The highest BCUT2D eigenvalue weighted by atomic mass is 16.2. The van der Waals surface area contributed by atoms with Crippen LogP contribution < -0.4 is 5.32 Å². The monoisotopic (exact) mass is 234 g/mol. The van der Waals surface area contributed by atoms with E-state index in [1.807, 2.05) is 13.8 Å². The maximum atomic E-state index is 11.7. The van der Waals surface area contributed by atoms with Crippen LogP contribution in [-0.2, 0) is 6.42 Å². The van der Waals surface area contributed by atoms with Gasteiger partial charge in [-0.2, -0.15) is 0 Å². The van der Waals surface area contributed by atoms with Gasteiger partial charge in [0, 0.05) is 19.6 Å². The molecule has 1 N–H and O–H groups in total. The second-order valence-corrected chi connectivity index (χ2v) is 4.14. The van der Waals surface area contributed by atoms with Crippen LogP contribution in [0.4, 0.5) is 4.79 Å². The molecule has 3 heteroatoms. The first-order valence-corrected chi connectivity index (χ1v) is 6.25. The number of rotatable bonds is 5. The molecule has 0 unspecified atom stereocenters. The molecule has 0 aliphatic rings. The fourth-order valence-electron chi connectivity index (χ4n) is 1.69. The first kappa shape index (κ1) is 13.6. The average Bonchev–Trinajstić information content (AvgIpc) is 2.33. The number of hydrogen-bond acceptors (Lipinski definition) is 1. The Hall–Kier alpha value is -1.51.